The number of hydrogen-bond acceptors (Lipinski definition) is 2. The quantitative estimate of drug-likeness (QED) is 0.791. The lowest BCUT2D eigenvalue weighted by Gasteiger charge is -2.32. The van der Waals surface area contributed by atoms with E-state index in [1.54, 1.807) is 0 Å². The Hall–Kier alpha value is -1.77. The number of halogens is 6. The summed E-state index contributed by atoms with van der Waals surface area (Å²) in [7, 11) is 0. The predicted octanol–water partition coefficient (Wildman–Crippen LogP) is 3.83. The minimum absolute atomic E-state index is 0.101. The normalized spacial score (nSPS) is 20.8. The lowest BCUT2D eigenvalue weighted by Crippen LogP contribution is -2.42. The first-order chi connectivity index (χ1) is 12.0. The van der Waals surface area contributed by atoms with Crippen molar-refractivity contribution in [1.29, 1.82) is 0 Å². The summed E-state index contributed by atoms with van der Waals surface area (Å²) >= 11 is 0. The fraction of sp³-hybridized carbons (Fsp3) is 0.588. The van der Waals surface area contributed by atoms with Crippen LogP contribution in [0, 0.1) is 5.41 Å². The van der Waals surface area contributed by atoms with Gasteiger partial charge in [-0.1, -0.05) is 0 Å². The smallest absolute Gasteiger partial charge is 0.338 e. The monoisotopic (exact) mass is 380 g/mol. The van der Waals surface area contributed by atoms with Crippen molar-refractivity contribution in [2.24, 2.45) is 5.41 Å². The third-order valence-corrected chi connectivity index (χ3v) is 5.18. The van der Waals surface area contributed by atoms with Crippen LogP contribution in [0.5, 0.6) is 0 Å². The first-order valence-electron chi connectivity index (χ1n) is 8.30. The van der Waals surface area contributed by atoms with Crippen molar-refractivity contribution in [3.63, 3.8) is 0 Å². The van der Waals surface area contributed by atoms with Gasteiger partial charge in [-0.15, -0.1) is 0 Å². The zero-order chi connectivity index (χ0) is 19.2. The third-order valence-electron chi connectivity index (χ3n) is 5.18. The average Bonchev–Trinajstić information content (AvgIpc) is 2.83. The SMILES string of the molecule is O=C1N(Cc2cc(C(F)(F)F)cc(C(F)(F)F)c2)CCC12CCNCC2. The number of carbonyl (C=O) groups excluding carboxylic acids is 1. The van der Waals surface area contributed by atoms with Gasteiger partial charge in [-0.2, -0.15) is 26.3 Å². The topological polar surface area (TPSA) is 32.3 Å². The molecular weight excluding hydrogens is 362 g/mol. The van der Waals surface area contributed by atoms with Crippen molar-refractivity contribution in [2.75, 3.05) is 19.6 Å². The molecule has 1 spiro atoms. The van der Waals surface area contributed by atoms with E-state index in [4.69, 9.17) is 0 Å². The van der Waals surface area contributed by atoms with Gasteiger partial charge < -0.3 is 10.2 Å². The summed E-state index contributed by atoms with van der Waals surface area (Å²) in [6.07, 6.45) is -7.92. The lowest BCUT2D eigenvalue weighted by molar-refractivity contribution is -0.143. The Kier molecular flexibility index (Phi) is 4.71. The second-order valence-corrected chi connectivity index (χ2v) is 6.92. The van der Waals surface area contributed by atoms with Crippen molar-refractivity contribution in [2.45, 2.75) is 38.2 Å². The zero-order valence-electron chi connectivity index (χ0n) is 13.8. The number of nitrogens with zero attached hydrogens (tertiary/aromatic N) is 1. The molecule has 2 aliphatic rings. The largest absolute Gasteiger partial charge is 0.416 e. The number of carbonyl (C=O) groups is 1. The van der Waals surface area contributed by atoms with Crippen molar-refractivity contribution in [3.8, 4) is 0 Å². The van der Waals surface area contributed by atoms with Crippen molar-refractivity contribution >= 4 is 5.91 Å². The number of nitrogens with one attached hydrogen (secondary N) is 1. The number of alkyl halides is 6. The molecule has 1 amide bonds. The molecule has 2 heterocycles. The van der Waals surface area contributed by atoms with Crippen LogP contribution in [0.4, 0.5) is 26.3 Å². The van der Waals surface area contributed by atoms with Gasteiger partial charge in [-0.3, -0.25) is 4.79 Å². The van der Waals surface area contributed by atoms with Gasteiger partial charge in [-0.05, 0) is 56.1 Å². The molecule has 2 aliphatic heterocycles. The summed E-state index contributed by atoms with van der Waals surface area (Å²) in [5.41, 5.74) is -3.40. The maximum absolute atomic E-state index is 13.0. The molecule has 0 aliphatic carbocycles. The highest BCUT2D eigenvalue weighted by atomic mass is 19.4. The van der Waals surface area contributed by atoms with Crippen molar-refractivity contribution in [3.05, 3.63) is 34.9 Å². The van der Waals surface area contributed by atoms with Crippen LogP contribution < -0.4 is 5.32 Å². The molecule has 2 saturated heterocycles. The van der Waals surface area contributed by atoms with Gasteiger partial charge in [0.2, 0.25) is 5.91 Å². The molecule has 0 saturated carbocycles. The van der Waals surface area contributed by atoms with E-state index in [0.717, 1.165) is 0 Å². The molecular formula is C17H18F6N2O. The lowest BCUT2D eigenvalue weighted by atomic mass is 9.78. The molecule has 0 unspecified atom stereocenters. The van der Waals surface area contributed by atoms with E-state index in [9.17, 15) is 31.1 Å². The summed E-state index contributed by atoms with van der Waals surface area (Å²) in [4.78, 5) is 14.1. The number of hydrogen-bond donors (Lipinski definition) is 1. The maximum atomic E-state index is 13.0. The van der Waals surface area contributed by atoms with Crippen LogP contribution in [-0.2, 0) is 23.7 Å². The summed E-state index contributed by atoms with van der Waals surface area (Å²) in [5.74, 6) is -0.176. The molecule has 9 heteroatoms. The van der Waals surface area contributed by atoms with Gasteiger partial charge in [0.25, 0.3) is 0 Å². The number of benzene rings is 1. The van der Waals surface area contributed by atoms with Gasteiger partial charge in [-0.25, -0.2) is 0 Å². The Morgan fingerprint density at radius 1 is 0.923 bits per heavy atom. The molecule has 3 nitrogen and oxygen atoms in total. The van der Waals surface area contributed by atoms with Crippen LogP contribution in [0.1, 0.15) is 36.0 Å². The van der Waals surface area contributed by atoms with E-state index < -0.39 is 28.9 Å². The standard InChI is InChI=1S/C17H18F6N2O/c18-16(19,20)12-7-11(8-13(9-12)17(21,22)23)10-25-6-3-15(14(25)26)1-4-24-5-2-15/h7-9,24H,1-6,10H2. The highest BCUT2D eigenvalue weighted by Crippen LogP contribution is 2.41. The van der Waals surface area contributed by atoms with Gasteiger partial charge >= 0.3 is 12.4 Å². The number of rotatable bonds is 2. The van der Waals surface area contributed by atoms with Crippen molar-refractivity contribution < 1.29 is 31.1 Å². The Labute approximate surface area is 146 Å². The Morgan fingerprint density at radius 3 is 1.96 bits per heavy atom. The second-order valence-electron chi connectivity index (χ2n) is 6.92. The van der Waals surface area contributed by atoms with E-state index in [0.29, 0.717) is 51.0 Å². The highest BCUT2D eigenvalue weighted by Gasteiger charge is 2.47. The minimum atomic E-state index is -4.89. The molecule has 144 valence electrons. The number of piperidine rings is 1. The minimum Gasteiger partial charge on any atom is -0.338 e. The van der Waals surface area contributed by atoms with Crippen molar-refractivity contribution in [1.82, 2.24) is 10.2 Å². The van der Waals surface area contributed by atoms with Gasteiger partial charge in [0.1, 0.15) is 0 Å². The van der Waals surface area contributed by atoms with E-state index in [1.807, 2.05) is 0 Å². The number of amides is 1. The number of likely N-dealkylation sites (tertiary alicyclic amines) is 1. The Bertz CT molecular complexity index is 659. The predicted molar refractivity (Wildman–Crippen MR) is 81.0 cm³/mol. The van der Waals surface area contributed by atoms with Crippen LogP contribution in [0.15, 0.2) is 18.2 Å². The summed E-state index contributed by atoms with van der Waals surface area (Å²) in [5, 5.41) is 3.15. The fourth-order valence-electron chi connectivity index (χ4n) is 3.74. The molecule has 0 bridgehead atoms. The molecule has 0 atom stereocenters. The first-order valence-corrected chi connectivity index (χ1v) is 8.30. The highest BCUT2D eigenvalue weighted by molar-refractivity contribution is 5.85. The third kappa shape index (κ3) is 3.67. The van der Waals surface area contributed by atoms with Crippen LogP contribution in [-0.4, -0.2) is 30.4 Å². The average molecular weight is 380 g/mol. The zero-order valence-corrected chi connectivity index (χ0v) is 13.8. The van der Waals surface area contributed by atoms with E-state index in [2.05, 4.69) is 5.32 Å². The van der Waals surface area contributed by atoms with Gasteiger partial charge in [0.15, 0.2) is 0 Å². The van der Waals surface area contributed by atoms with Crippen LogP contribution in [0.25, 0.3) is 0 Å². The molecule has 1 N–H and O–H groups in total. The van der Waals surface area contributed by atoms with Gasteiger partial charge in [0.05, 0.1) is 16.5 Å². The summed E-state index contributed by atoms with van der Waals surface area (Å²) < 4.78 is 77.7. The Balaban J connectivity index is 1.86. The molecule has 1 aromatic rings. The summed E-state index contributed by atoms with van der Waals surface area (Å²) in [6.45, 7) is 1.46. The first kappa shape index (κ1) is 19.0. The van der Waals surface area contributed by atoms with Crippen LogP contribution in [0.2, 0.25) is 0 Å². The second kappa shape index (κ2) is 6.44. The van der Waals surface area contributed by atoms with Crippen LogP contribution in [0.3, 0.4) is 0 Å². The van der Waals surface area contributed by atoms with Gasteiger partial charge in [0, 0.05) is 13.1 Å². The Morgan fingerprint density at radius 2 is 1.46 bits per heavy atom. The van der Waals surface area contributed by atoms with E-state index >= 15 is 0 Å². The van der Waals surface area contributed by atoms with E-state index in [-0.39, 0.29) is 24.1 Å². The molecule has 2 fully saturated rings. The molecule has 26 heavy (non-hydrogen) atoms. The fourth-order valence-corrected chi connectivity index (χ4v) is 3.74. The van der Waals surface area contributed by atoms with E-state index in [1.165, 1.54) is 4.90 Å². The molecule has 0 radical (unpaired) electrons. The van der Waals surface area contributed by atoms with Crippen LogP contribution >= 0.6 is 0 Å². The molecule has 0 aromatic heterocycles. The summed E-state index contributed by atoms with van der Waals surface area (Å²) in [6, 6.07) is 1.48. The maximum Gasteiger partial charge on any atom is 0.416 e. The molecule has 1 aromatic carbocycles. The molecule has 3 rings (SSSR count).